The lowest BCUT2D eigenvalue weighted by Gasteiger charge is -2.25. The zero-order chi connectivity index (χ0) is 39.2. The van der Waals surface area contributed by atoms with E-state index in [2.05, 4.69) is 15.9 Å². The number of hydrogen-bond acceptors (Lipinski definition) is 6. The van der Waals surface area contributed by atoms with Crippen LogP contribution in [0.15, 0.2) is 76.1 Å². The van der Waals surface area contributed by atoms with Gasteiger partial charge in [-0.1, -0.05) is 59.3 Å². The van der Waals surface area contributed by atoms with Crippen LogP contribution in [0.25, 0.3) is 0 Å². The van der Waals surface area contributed by atoms with E-state index >= 15 is 0 Å². The fraction of sp³-hybridized carbons (Fsp3) is 0.390. The molecule has 0 saturated carbocycles. The van der Waals surface area contributed by atoms with Gasteiger partial charge in [0.25, 0.3) is 0 Å². The number of para-hydroxylation sites is 1. The lowest BCUT2D eigenvalue weighted by Crippen LogP contribution is -2.36. The molecule has 286 valence electrons. The summed E-state index contributed by atoms with van der Waals surface area (Å²) in [7, 11) is 3.71. The summed E-state index contributed by atoms with van der Waals surface area (Å²) in [5.41, 5.74) is 5.97. The first kappa shape index (κ1) is 42.1. The van der Waals surface area contributed by atoms with Gasteiger partial charge in [-0.2, -0.15) is 4.31 Å². The Morgan fingerprint density at radius 1 is 0.887 bits per heavy atom. The molecule has 0 fully saturated rings. The summed E-state index contributed by atoms with van der Waals surface area (Å²) in [6.45, 7) is 8.86. The predicted molar refractivity (Wildman–Crippen MR) is 209 cm³/mol. The van der Waals surface area contributed by atoms with E-state index in [1.54, 1.807) is 43.3 Å². The van der Waals surface area contributed by atoms with Crippen molar-refractivity contribution >= 4 is 31.9 Å². The molecule has 0 aliphatic carbocycles. The maximum Gasteiger partial charge on any atom is 0.304 e. The molecule has 53 heavy (non-hydrogen) atoms. The largest absolute Gasteiger partial charge is 0.488 e. The summed E-state index contributed by atoms with van der Waals surface area (Å²) >= 11 is 3.38. The van der Waals surface area contributed by atoms with Gasteiger partial charge in [0.15, 0.2) is 0 Å². The summed E-state index contributed by atoms with van der Waals surface area (Å²) in [6, 6.07) is 19.0. The van der Waals surface area contributed by atoms with Crippen LogP contribution >= 0.6 is 15.9 Å². The smallest absolute Gasteiger partial charge is 0.304 e. The minimum atomic E-state index is -3.84. The number of carbonyl (C=O) groups is 1. The number of aliphatic carboxylic acids is 1. The molecule has 1 unspecified atom stereocenters. The van der Waals surface area contributed by atoms with E-state index in [1.807, 2.05) is 83.0 Å². The van der Waals surface area contributed by atoms with Crippen LogP contribution in [0.3, 0.4) is 0 Å². The number of nitrogens with zero attached hydrogens (tertiary/aromatic N) is 3. The minimum absolute atomic E-state index is 0.115. The van der Waals surface area contributed by atoms with Crippen molar-refractivity contribution < 1.29 is 31.8 Å². The molecule has 0 radical (unpaired) electrons. The van der Waals surface area contributed by atoms with Gasteiger partial charge in [-0.25, -0.2) is 17.2 Å². The molecule has 0 amide bonds. The molecule has 0 saturated heterocycles. The van der Waals surface area contributed by atoms with E-state index < -0.39 is 21.9 Å². The maximum atomic E-state index is 14.8. The summed E-state index contributed by atoms with van der Waals surface area (Å²) in [5, 5.41) is 9.82. The van der Waals surface area contributed by atoms with E-state index in [-0.39, 0.29) is 42.1 Å². The molecule has 0 bridgehead atoms. The van der Waals surface area contributed by atoms with Gasteiger partial charge in [0.1, 0.15) is 28.4 Å². The summed E-state index contributed by atoms with van der Waals surface area (Å²) in [4.78, 5) is 15.9. The highest BCUT2D eigenvalue weighted by Crippen LogP contribution is 2.36. The average molecular weight is 815 g/mol. The van der Waals surface area contributed by atoms with E-state index in [1.165, 1.54) is 10.4 Å². The van der Waals surface area contributed by atoms with Gasteiger partial charge in [-0.15, -0.1) is 0 Å². The van der Waals surface area contributed by atoms with E-state index in [9.17, 15) is 27.1 Å². The van der Waals surface area contributed by atoms with Crippen LogP contribution < -0.4 is 4.74 Å². The normalized spacial score (nSPS) is 16.0. The Morgan fingerprint density at radius 2 is 1.49 bits per heavy atom. The summed E-state index contributed by atoms with van der Waals surface area (Å²) in [5.74, 6) is -1.61. The van der Waals surface area contributed by atoms with E-state index in [4.69, 9.17) is 4.74 Å². The molecule has 12 heteroatoms. The highest BCUT2D eigenvalue weighted by Gasteiger charge is 2.34. The van der Waals surface area contributed by atoms with Crippen molar-refractivity contribution in [1.29, 1.82) is 0 Å². The molecular weight excluding hydrogens is 764 g/mol. The minimum Gasteiger partial charge on any atom is -0.488 e. The Morgan fingerprint density at radius 3 is 2.09 bits per heavy atom. The van der Waals surface area contributed by atoms with Gasteiger partial charge in [-0.05, 0) is 119 Å². The van der Waals surface area contributed by atoms with Crippen molar-refractivity contribution in [2.24, 2.45) is 0 Å². The van der Waals surface area contributed by atoms with Crippen molar-refractivity contribution in [2.45, 2.75) is 77.1 Å². The Hall–Kier alpha value is -3.68. The maximum absolute atomic E-state index is 14.8. The number of aryl methyl sites for hydroxylation is 3. The Kier molecular flexibility index (Phi) is 14.4. The van der Waals surface area contributed by atoms with Gasteiger partial charge in [0, 0.05) is 41.2 Å². The zero-order valence-electron chi connectivity index (χ0n) is 31.7. The molecule has 1 N–H and O–H groups in total. The molecule has 0 aromatic heterocycles. The Bertz CT molecular complexity index is 2040. The van der Waals surface area contributed by atoms with Crippen LogP contribution in [0, 0.1) is 32.4 Å². The SMILES string of the molecule is CC[C@@H]1CN(Cc2cc(C(CC(=O)O)c3cc(CN(C)C)c(F)cc3C)ccc2C)S(=O)(=O)c2ccccc2O1.Cc1cc(F)c(CN(C)C)cc1Br. The fourth-order valence-corrected chi connectivity index (χ4v) is 8.34. The Balaban J connectivity index is 0.000000407. The number of benzene rings is 4. The van der Waals surface area contributed by atoms with Crippen molar-refractivity contribution in [3.05, 3.63) is 127 Å². The highest BCUT2D eigenvalue weighted by molar-refractivity contribution is 9.10. The topological polar surface area (TPSA) is 90.4 Å². The number of halogens is 3. The molecule has 2 atom stereocenters. The second kappa shape index (κ2) is 18.1. The first-order chi connectivity index (χ1) is 24.9. The lowest BCUT2D eigenvalue weighted by atomic mass is 9.84. The van der Waals surface area contributed by atoms with Crippen LogP contribution in [0.2, 0.25) is 0 Å². The molecule has 4 aromatic carbocycles. The second-order valence-electron chi connectivity index (χ2n) is 14.2. The number of carboxylic acid groups (broad SMARTS) is 1. The number of sulfonamides is 1. The van der Waals surface area contributed by atoms with E-state index in [0.29, 0.717) is 36.4 Å². The van der Waals surface area contributed by atoms with Crippen LogP contribution in [-0.2, 0) is 34.5 Å². The fourth-order valence-electron chi connectivity index (χ4n) is 6.38. The van der Waals surface area contributed by atoms with Crippen molar-refractivity contribution in [3.8, 4) is 5.75 Å². The van der Waals surface area contributed by atoms with Gasteiger partial charge in [-0.3, -0.25) is 4.79 Å². The first-order valence-electron chi connectivity index (χ1n) is 17.5. The third-order valence-electron chi connectivity index (χ3n) is 9.24. The van der Waals surface area contributed by atoms with Gasteiger partial charge in [0.05, 0.1) is 13.0 Å². The van der Waals surface area contributed by atoms with Crippen molar-refractivity contribution in [3.63, 3.8) is 0 Å². The number of carboxylic acids is 1. The molecule has 1 aliphatic rings. The van der Waals surface area contributed by atoms with Crippen LogP contribution in [0.1, 0.15) is 70.2 Å². The third kappa shape index (κ3) is 10.7. The van der Waals surface area contributed by atoms with Crippen LogP contribution in [0.5, 0.6) is 5.75 Å². The van der Waals surface area contributed by atoms with Gasteiger partial charge >= 0.3 is 5.97 Å². The summed E-state index contributed by atoms with van der Waals surface area (Å²) < 4.78 is 64.0. The first-order valence-corrected chi connectivity index (χ1v) is 19.7. The summed E-state index contributed by atoms with van der Waals surface area (Å²) in [6.07, 6.45) is 0.148. The molecule has 5 rings (SSSR count). The third-order valence-corrected chi connectivity index (χ3v) is 11.9. The molecule has 1 heterocycles. The number of hydrogen-bond donors (Lipinski definition) is 1. The van der Waals surface area contributed by atoms with Gasteiger partial charge < -0.3 is 19.6 Å². The average Bonchev–Trinajstić information content (AvgIpc) is 3.18. The number of rotatable bonds is 11. The van der Waals surface area contributed by atoms with Gasteiger partial charge in [0.2, 0.25) is 10.0 Å². The quantitative estimate of drug-likeness (QED) is 0.163. The highest BCUT2D eigenvalue weighted by atomic mass is 79.9. The monoisotopic (exact) mass is 813 g/mol. The lowest BCUT2D eigenvalue weighted by molar-refractivity contribution is -0.137. The van der Waals surface area contributed by atoms with Crippen molar-refractivity contribution in [2.75, 3.05) is 34.7 Å². The molecule has 4 aromatic rings. The van der Waals surface area contributed by atoms with E-state index in [0.717, 1.165) is 37.9 Å². The predicted octanol–water partition coefficient (Wildman–Crippen LogP) is 8.43. The zero-order valence-corrected chi connectivity index (χ0v) is 34.1. The number of ether oxygens (including phenoxy) is 1. The second-order valence-corrected chi connectivity index (χ2v) is 17.0. The van der Waals surface area contributed by atoms with Crippen molar-refractivity contribution in [1.82, 2.24) is 14.1 Å². The standard InChI is InChI=1S/C31H37FN2O5S.C10H13BrFN/c1-6-25-19-34(40(37,38)30-10-8-7-9-29(30)39-25)18-23-14-22(12-11-20(23)2)27(16-31(35)36)26-15-24(17-33(4)5)28(32)13-21(26)3;1-7-4-10(12)8(5-9(7)11)6-13(2)3/h7-15,25,27H,6,16-19H2,1-5H3,(H,35,36);4-5H,6H2,1-3H3/t25-,27?;/m1./s1. The molecule has 1 aliphatic heterocycles. The van der Waals surface area contributed by atoms with Crippen LogP contribution in [-0.4, -0.2) is 74.4 Å². The van der Waals surface area contributed by atoms with Crippen LogP contribution in [0.4, 0.5) is 8.78 Å². The molecular formula is C41H50BrF2N3O5S. The number of fused-ring (bicyclic) bond motifs is 1. The molecule has 0 spiro atoms. The molecule has 8 nitrogen and oxygen atoms in total. The Labute approximate surface area is 321 Å².